The number of fused-ring (bicyclic) bond motifs is 14. The first-order chi connectivity index (χ1) is 32.8. The molecule has 68 heavy (non-hydrogen) atoms. The minimum atomic E-state index is 0.312. The molecule has 1 aliphatic carbocycles. The first-order valence-corrected chi connectivity index (χ1v) is 25.9. The molecule has 0 nitrogen and oxygen atoms in total. The molecule has 0 radical (unpaired) electrons. The Morgan fingerprint density at radius 2 is 0.676 bits per heavy atom. The van der Waals surface area contributed by atoms with Gasteiger partial charge in [-0.25, -0.2) is 0 Å². The van der Waals surface area contributed by atoms with Crippen molar-refractivity contribution in [2.24, 2.45) is 0 Å². The molecule has 0 heterocycles. The molecule has 0 bridgehead atoms. The maximum Gasteiger partial charge on any atom is -0.00106 e. The molecule has 0 heteroatoms. The Bertz CT molecular complexity index is 4290. The minimum Gasteiger partial charge on any atom is -0.0616 e. The summed E-state index contributed by atoms with van der Waals surface area (Å²) in [5, 5.41) is 31.6. The summed E-state index contributed by atoms with van der Waals surface area (Å²) in [6.07, 6.45) is 0. The Labute approximate surface area is 399 Å². The molecule has 13 aromatic rings. The summed E-state index contributed by atoms with van der Waals surface area (Å²) in [4.78, 5) is 0. The predicted octanol–water partition coefficient (Wildman–Crippen LogP) is 21.1. The van der Waals surface area contributed by atoms with E-state index < -0.39 is 0 Å². The van der Waals surface area contributed by atoms with E-state index in [2.05, 4.69) is 192 Å². The van der Waals surface area contributed by atoms with Gasteiger partial charge in [0.25, 0.3) is 0 Å². The normalized spacial score (nSPS) is 13.5. The largest absolute Gasteiger partial charge is 0.0616 e. The molecular formula is C68H60. The third kappa shape index (κ3) is 4.73. The van der Waals surface area contributed by atoms with Crippen molar-refractivity contribution in [1.29, 1.82) is 0 Å². The second kappa shape index (κ2) is 13.6. The maximum atomic E-state index is 2.70. The number of hydrogen-bond donors (Lipinski definition) is 0. The van der Waals surface area contributed by atoms with Crippen LogP contribution in [0.3, 0.4) is 0 Å². The van der Waals surface area contributed by atoms with Gasteiger partial charge in [0.2, 0.25) is 0 Å². The predicted molar refractivity (Wildman–Crippen MR) is 302 cm³/mol. The molecule has 1 aliphatic rings. The Balaban J connectivity index is 1.23. The van der Waals surface area contributed by atoms with Gasteiger partial charge in [0.15, 0.2) is 0 Å². The van der Waals surface area contributed by atoms with E-state index in [1.807, 2.05) is 0 Å². The van der Waals surface area contributed by atoms with Crippen LogP contribution in [0.1, 0.15) is 152 Å². The zero-order valence-corrected chi connectivity index (χ0v) is 41.9. The van der Waals surface area contributed by atoms with Gasteiger partial charge in [0, 0.05) is 0 Å². The summed E-state index contributed by atoms with van der Waals surface area (Å²) in [7, 11) is 0. The van der Waals surface area contributed by atoms with Crippen LogP contribution < -0.4 is 0 Å². The quantitative estimate of drug-likeness (QED) is 0.115. The van der Waals surface area contributed by atoms with Gasteiger partial charge in [-0.05, 0) is 228 Å². The van der Waals surface area contributed by atoms with E-state index in [9.17, 15) is 0 Å². The first-order valence-electron chi connectivity index (χ1n) is 25.9. The molecule has 332 valence electrons. The summed E-state index contributed by atoms with van der Waals surface area (Å²) in [6.45, 7) is 29.2. The molecule has 0 unspecified atom stereocenters. The molecule has 0 fully saturated rings. The zero-order valence-electron chi connectivity index (χ0n) is 41.9. The minimum absolute atomic E-state index is 0.312. The maximum absolute atomic E-state index is 2.70. The summed E-state index contributed by atoms with van der Waals surface area (Å²) >= 11 is 0. The van der Waals surface area contributed by atoms with Crippen LogP contribution in [-0.2, 0) is 0 Å². The van der Waals surface area contributed by atoms with Gasteiger partial charge in [-0.3, -0.25) is 0 Å². The third-order valence-corrected chi connectivity index (χ3v) is 17.1. The van der Waals surface area contributed by atoms with E-state index >= 15 is 0 Å². The fraction of sp³-hybridized carbons (Fsp3) is 0.265. The van der Waals surface area contributed by atoms with Crippen molar-refractivity contribution in [3.05, 3.63) is 143 Å². The van der Waals surface area contributed by atoms with Gasteiger partial charge in [-0.1, -0.05) is 174 Å². The van der Waals surface area contributed by atoms with Crippen LogP contribution in [0.5, 0.6) is 0 Å². The van der Waals surface area contributed by atoms with Gasteiger partial charge < -0.3 is 0 Å². The SMILES string of the molecule is CC(C)c1c2c(c(C(C)C)c3ccccc13)-c1ccc3c4c(C(C)C)cc5c6c(C(C)C)c7c(cc8c9ccccc9c9cccc7c98)c(C(C)C)c6c6c(C(C)C)cc(c7ccc-2c1c73)c4c56. The highest BCUT2D eigenvalue weighted by Gasteiger charge is 2.35. The van der Waals surface area contributed by atoms with E-state index in [0.717, 1.165) is 0 Å². The van der Waals surface area contributed by atoms with Crippen molar-refractivity contribution in [2.45, 2.75) is 119 Å². The molecule has 0 atom stereocenters. The topological polar surface area (TPSA) is 0 Å². The fourth-order valence-corrected chi connectivity index (χ4v) is 14.8. The average Bonchev–Trinajstić information content (AvgIpc) is 3.95. The van der Waals surface area contributed by atoms with E-state index in [1.54, 1.807) is 0 Å². The molecule has 0 aromatic heterocycles. The highest BCUT2D eigenvalue weighted by atomic mass is 14.4. The third-order valence-electron chi connectivity index (χ3n) is 17.1. The van der Waals surface area contributed by atoms with Crippen LogP contribution in [0.2, 0.25) is 0 Å². The number of rotatable bonds is 6. The first kappa shape index (κ1) is 40.6. The van der Waals surface area contributed by atoms with Crippen molar-refractivity contribution >= 4 is 118 Å². The van der Waals surface area contributed by atoms with Gasteiger partial charge >= 0.3 is 0 Å². The highest BCUT2D eigenvalue weighted by molar-refractivity contribution is 6.47. The van der Waals surface area contributed by atoms with Crippen LogP contribution in [0.4, 0.5) is 0 Å². The average molecular weight is 877 g/mol. The summed E-state index contributed by atoms with van der Waals surface area (Å²) in [5.74, 6) is 2.05. The van der Waals surface area contributed by atoms with E-state index in [1.165, 1.54) is 174 Å². The van der Waals surface area contributed by atoms with Crippen LogP contribution in [0.15, 0.2) is 109 Å². The van der Waals surface area contributed by atoms with Crippen molar-refractivity contribution < 1.29 is 0 Å². The smallest absolute Gasteiger partial charge is 0.00106 e. The van der Waals surface area contributed by atoms with E-state index in [4.69, 9.17) is 0 Å². The summed E-state index contributed by atoms with van der Waals surface area (Å²) < 4.78 is 0. The van der Waals surface area contributed by atoms with E-state index in [-0.39, 0.29) is 0 Å². The molecule has 0 saturated carbocycles. The van der Waals surface area contributed by atoms with Crippen LogP contribution in [-0.4, -0.2) is 0 Å². The van der Waals surface area contributed by atoms with Gasteiger partial charge in [0.1, 0.15) is 0 Å². The lowest BCUT2D eigenvalue weighted by Gasteiger charge is -2.23. The number of hydrogen-bond acceptors (Lipinski definition) is 0. The zero-order chi connectivity index (χ0) is 46.7. The second-order valence-electron chi connectivity index (χ2n) is 22.8. The highest BCUT2D eigenvalue weighted by Crippen LogP contribution is 2.61. The van der Waals surface area contributed by atoms with Crippen LogP contribution >= 0.6 is 0 Å². The van der Waals surface area contributed by atoms with Crippen LogP contribution in [0, 0.1) is 0 Å². The molecule has 0 aliphatic heterocycles. The van der Waals surface area contributed by atoms with Crippen LogP contribution in [0.25, 0.3) is 141 Å². The standard InChI is InChI=1S/C68H60/c1-31(2)47-29-52-66-56(36(11)12)61-43-23-17-22-39-37-18-13-14-19-38(37)49(57(39)43)30-51(61)55(35(9)10)68(66)64-48(32(3)4)28-50-42-24-25-45-59-46(27-26-44(58(42)59)60(47)65(50)67(52)64)63-54(34(7)8)41-21-16-15-20-40(41)53(33(5)6)62(45)63/h13-36H,1-12H3. The lowest BCUT2D eigenvalue weighted by molar-refractivity contribution is 0.864. The monoisotopic (exact) mass is 876 g/mol. The molecule has 0 N–H and O–H groups in total. The van der Waals surface area contributed by atoms with Crippen molar-refractivity contribution in [1.82, 2.24) is 0 Å². The molecule has 0 spiro atoms. The van der Waals surface area contributed by atoms with Crippen molar-refractivity contribution in [3.63, 3.8) is 0 Å². The molecule has 0 amide bonds. The summed E-state index contributed by atoms with van der Waals surface area (Å²) in [5.41, 5.74) is 14.8. The lowest BCUT2D eigenvalue weighted by Crippen LogP contribution is -2.01. The molecule has 13 aromatic carbocycles. The van der Waals surface area contributed by atoms with Gasteiger partial charge in [-0.2, -0.15) is 0 Å². The lowest BCUT2D eigenvalue weighted by atomic mass is 9.80. The van der Waals surface area contributed by atoms with Crippen molar-refractivity contribution in [2.75, 3.05) is 0 Å². The number of benzene rings is 11. The van der Waals surface area contributed by atoms with Crippen molar-refractivity contribution in [3.8, 4) is 22.3 Å². The van der Waals surface area contributed by atoms with Gasteiger partial charge in [-0.15, -0.1) is 0 Å². The Hall–Kier alpha value is -6.50. The fourth-order valence-electron chi connectivity index (χ4n) is 14.8. The van der Waals surface area contributed by atoms with Gasteiger partial charge in [0.05, 0.1) is 0 Å². The summed E-state index contributed by atoms with van der Waals surface area (Å²) in [6, 6.07) is 43.7. The molecule has 14 rings (SSSR count). The molecular weight excluding hydrogens is 817 g/mol. The second-order valence-corrected chi connectivity index (χ2v) is 22.8. The Morgan fingerprint density at radius 3 is 1.26 bits per heavy atom. The Morgan fingerprint density at radius 1 is 0.221 bits per heavy atom. The van der Waals surface area contributed by atoms with E-state index in [0.29, 0.717) is 35.5 Å². The molecule has 0 saturated heterocycles. The Kier molecular flexibility index (Phi) is 8.11.